The molecule has 0 aromatic heterocycles. The third kappa shape index (κ3) is 2.96. The van der Waals surface area contributed by atoms with Crippen molar-refractivity contribution in [3.05, 3.63) is 0 Å². The lowest BCUT2D eigenvalue weighted by molar-refractivity contribution is -0.129. The summed E-state index contributed by atoms with van der Waals surface area (Å²) in [6, 6.07) is 0. The molecule has 3 nitrogen and oxygen atoms in total. The first-order valence-electron chi connectivity index (χ1n) is 8.60. The second-order valence-corrected chi connectivity index (χ2v) is 8.59. The third-order valence-corrected chi connectivity index (χ3v) is 6.69. The largest absolute Gasteiger partial charge is 0.354 e. The molecule has 120 valence electrons. The molecule has 4 bridgehead atoms. The van der Waals surface area contributed by atoms with E-state index in [-0.39, 0.29) is 23.9 Å². The van der Waals surface area contributed by atoms with Crippen molar-refractivity contribution in [1.82, 2.24) is 5.32 Å². The van der Waals surface area contributed by atoms with Gasteiger partial charge in [-0.05, 0) is 81.0 Å². The fourth-order valence-corrected chi connectivity index (χ4v) is 5.99. The molecule has 21 heavy (non-hydrogen) atoms. The zero-order valence-corrected chi connectivity index (χ0v) is 13.7. The number of amides is 1. The van der Waals surface area contributed by atoms with E-state index in [9.17, 15) is 4.79 Å². The first kappa shape index (κ1) is 15.6. The van der Waals surface area contributed by atoms with Gasteiger partial charge in [0, 0.05) is 18.5 Å². The summed E-state index contributed by atoms with van der Waals surface area (Å²) in [5.41, 5.74) is 6.47. The maximum atomic E-state index is 12.3. The van der Waals surface area contributed by atoms with E-state index in [2.05, 4.69) is 5.32 Å². The molecule has 0 unspecified atom stereocenters. The van der Waals surface area contributed by atoms with Crippen LogP contribution in [-0.2, 0) is 4.79 Å². The van der Waals surface area contributed by atoms with Crippen LogP contribution in [-0.4, -0.2) is 18.0 Å². The molecule has 0 radical (unpaired) electrons. The van der Waals surface area contributed by atoms with Crippen LogP contribution >= 0.6 is 12.4 Å². The minimum Gasteiger partial charge on any atom is -0.354 e. The van der Waals surface area contributed by atoms with Crippen LogP contribution in [0.25, 0.3) is 0 Å². The molecule has 0 aromatic carbocycles. The molecule has 0 heterocycles. The highest BCUT2D eigenvalue weighted by Gasteiger charge is 2.51. The topological polar surface area (TPSA) is 55.1 Å². The Morgan fingerprint density at radius 3 is 2.00 bits per heavy atom. The van der Waals surface area contributed by atoms with Crippen LogP contribution in [0.15, 0.2) is 0 Å². The average molecular weight is 313 g/mol. The molecule has 0 atom stereocenters. The summed E-state index contributed by atoms with van der Waals surface area (Å²) in [5.74, 6) is 3.06. The summed E-state index contributed by atoms with van der Waals surface area (Å²) >= 11 is 0. The van der Waals surface area contributed by atoms with E-state index >= 15 is 0 Å². The minimum absolute atomic E-state index is 0. The van der Waals surface area contributed by atoms with Crippen molar-refractivity contribution < 1.29 is 4.79 Å². The van der Waals surface area contributed by atoms with E-state index in [4.69, 9.17) is 5.73 Å². The predicted octanol–water partition coefficient (Wildman–Crippen LogP) is 3.01. The Labute approximate surface area is 134 Å². The molecule has 0 saturated heterocycles. The predicted molar refractivity (Wildman–Crippen MR) is 86.2 cm³/mol. The van der Waals surface area contributed by atoms with Crippen LogP contribution in [0.1, 0.15) is 64.2 Å². The van der Waals surface area contributed by atoms with Crippen LogP contribution in [0, 0.1) is 23.2 Å². The Kier molecular flexibility index (Phi) is 4.03. The summed E-state index contributed by atoms with van der Waals surface area (Å²) in [7, 11) is 0. The van der Waals surface area contributed by atoms with Gasteiger partial charge in [0.1, 0.15) is 0 Å². The fraction of sp³-hybridized carbons (Fsp3) is 0.941. The van der Waals surface area contributed by atoms with Crippen LogP contribution in [0.2, 0.25) is 0 Å². The molecule has 5 saturated carbocycles. The van der Waals surface area contributed by atoms with Gasteiger partial charge in [-0.25, -0.2) is 0 Å². The van der Waals surface area contributed by atoms with Gasteiger partial charge in [-0.3, -0.25) is 4.79 Å². The van der Waals surface area contributed by atoms with Gasteiger partial charge in [-0.15, -0.1) is 12.4 Å². The molecule has 1 amide bonds. The van der Waals surface area contributed by atoms with Crippen molar-refractivity contribution in [2.24, 2.45) is 28.9 Å². The summed E-state index contributed by atoms with van der Waals surface area (Å²) < 4.78 is 0. The number of hydrogen-bond donors (Lipinski definition) is 2. The average Bonchev–Trinajstić information content (AvgIpc) is 2.31. The van der Waals surface area contributed by atoms with Gasteiger partial charge in [0.25, 0.3) is 0 Å². The SMILES string of the molecule is Cl.NC1(CNC(=O)CC23CC4CC(CC(C4)C2)C3)CCC1. The molecule has 4 heteroatoms. The van der Waals surface area contributed by atoms with Gasteiger partial charge >= 0.3 is 0 Å². The summed E-state index contributed by atoms with van der Waals surface area (Å²) in [6.45, 7) is 0.693. The Hall–Kier alpha value is -0.280. The standard InChI is InChI=1S/C17H28N2O.ClH/c18-17(2-1-3-17)11-19-15(20)10-16-7-12-4-13(8-16)6-14(5-12)9-16;/h12-14H,1-11,18H2,(H,19,20);1H. The van der Waals surface area contributed by atoms with Crippen LogP contribution in [0.5, 0.6) is 0 Å². The quantitative estimate of drug-likeness (QED) is 0.838. The van der Waals surface area contributed by atoms with Crippen molar-refractivity contribution in [3.63, 3.8) is 0 Å². The third-order valence-electron chi connectivity index (χ3n) is 6.69. The highest BCUT2D eigenvalue weighted by molar-refractivity contribution is 5.85. The molecule has 0 aliphatic heterocycles. The summed E-state index contributed by atoms with van der Waals surface area (Å²) in [6.07, 6.45) is 12.5. The second-order valence-electron chi connectivity index (χ2n) is 8.59. The van der Waals surface area contributed by atoms with Crippen molar-refractivity contribution in [3.8, 4) is 0 Å². The lowest BCUT2D eigenvalue weighted by Gasteiger charge is -2.56. The van der Waals surface area contributed by atoms with E-state index in [1.165, 1.54) is 44.9 Å². The van der Waals surface area contributed by atoms with Gasteiger partial charge in [-0.1, -0.05) is 0 Å². The smallest absolute Gasteiger partial charge is 0.220 e. The van der Waals surface area contributed by atoms with Crippen molar-refractivity contribution in [2.75, 3.05) is 6.54 Å². The highest BCUT2D eigenvalue weighted by Crippen LogP contribution is 2.61. The van der Waals surface area contributed by atoms with Crippen molar-refractivity contribution in [2.45, 2.75) is 69.7 Å². The molecule has 3 N–H and O–H groups in total. The maximum Gasteiger partial charge on any atom is 0.220 e. The molecule has 0 spiro atoms. The Bertz CT molecular complexity index is 384. The number of carbonyl (C=O) groups is 1. The van der Waals surface area contributed by atoms with E-state index < -0.39 is 0 Å². The number of rotatable bonds is 4. The highest BCUT2D eigenvalue weighted by atomic mass is 35.5. The van der Waals surface area contributed by atoms with E-state index in [1.807, 2.05) is 0 Å². The van der Waals surface area contributed by atoms with Crippen LogP contribution < -0.4 is 11.1 Å². The number of carbonyl (C=O) groups excluding carboxylic acids is 1. The molecule has 5 rings (SSSR count). The van der Waals surface area contributed by atoms with E-state index in [0.717, 1.165) is 37.0 Å². The van der Waals surface area contributed by atoms with Crippen LogP contribution in [0.3, 0.4) is 0 Å². The molecular formula is C17H29ClN2O. The second kappa shape index (κ2) is 5.42. The normalized spacial score (nSPS) is 42.0. The zero-order valence-electron chi connectivity index (χ0n) is 12.9. The Morgan fingerprint density at radius 2 is 1.57 bits per heavy atom. The first-order chi connectivity index (χ1) is 9.54. The lowest BCUT2D eigenvalue weighted by Crippen LogP contribution is -2.55. The molecule has 5 aliphatic carbocycles. The summed E-state index contributed by atoms with van der Waals surface area (Å²) in [4.78, 5) is 12.3. The van der Waals surface area contributed by atoms with E-state index in [0.29, 0.717) is 12.0 Å². The number of hydrogen-bond acceptors (Lipinski definition) is 2. The fourth-order valence-electron chi connectivity index (χ4n) is 5.99. The lowest BCUT2D eigenvalue weighted by atomic mass is 9.49. The zero-order chi connectivity index (χ0) is 13.8. The molecule has 0 aromatic rings. The molecular weight excluding hydrogens is 284 g/mol. The van der Waals surface area contributed by atoms with Gasteiger partial charge in [0.2, 0.25) is 5.91 Å². The Morgan fingerprint density at radius 1 is 1.05 bits per heavy atom. The van der Waals surface area contributed by atoms with E-state index in [1.54, 1.807) is 0 Å². The van der Waals surface area contributed by atoms with Gasteiger partial charge in [0.05, 0.1) is 0 Å². The minimum atomic E-state index is -0.0862. The van der Waals surface area contributed by atoms with Crippen molar-refractivity contribution >= 4 is 18.3 Å². The summed E-state index contributed by atoms with van der Waals surface area (Å²) in [5, 5.41) is 3.14. The number of halogens is 1. The molecule has 5 fully saturated rings. The van der Waals surface area contributed by atoms with Gasteiger partial charge < -0.3 is 11.1 Å². The first-order valence-corrected chi connectivity index (χ1v) is 8.60. The number of nitrogens with one attached hydrogen (secondary N) is 1. The molecule has 5 aliphatic rings. The van der Waals surface area contributed by atoms with Gasteiger partial charge in [0.15, 0.2) is 0 Å². The van der Waals surface area contributed by atoms with Crippen LogP contribution in [0.4, 0.5) is 0 Å². The Balaban J connectivity index is 0.00000132. The van der Waals surface area contributed by atoms with Gasteiger partial charge in [-0.2, -0.15) is 0 Å². The number of nitrogens with two attached hydrogens (primary N) is 1. The maximum absolute atomic E-state index is 12.3. The monoisotopic (exact) mass is 312 g/mol. The van der Waals surface area contributed by atoms with Crippen molar-refractivity contribution in [1.29, 1.82) is 0 Å².